The van der Waals surface area contributed by atoms with Gasteiger partial charge in [0.25, 0.3) is 0 Å². The van der Waals surface area contributed by atoms with Crippen molar-refractivity contribution in [1.82, 2.24) is 19.9 Å². The van der Waals surface area contributed by atoms with Crippen LogP contribution in [0.5, 0.6) is 0 Å². The summed E-state index contributed by atoms with van der Waals surface area (Å²) < 4.78 is 40.0. The molecule has 36 heavy (non-hydrogen) atoms. The molecule has 3 heterocycles. The average Bonchev–Trinajstić information content (AvgIpc) is 3.34. The highest BCUT2D eigenvalue weighted by molar-refractivity contribution is 5.83. The van der Waals surface area contributed by atoms with E-state index in [1.807, 2.05) is 4.90 Å². The van der Waals surface area contributed by atoms with Crippen LogP contribution >= 0.6 is 0 Å². The van der Waals surface area contributed by atoms with Crippen LogP contribution in [0, 0.1) is 17.5 Å². The van der Waals surface area contributed by atoms with Gasteiger partial charge in [-0.05, 0) is 67.0 Å². The van der Waals surface area contributed by atoms with Crippen LogP contribution < -0.4 is 0 Å². The minimum absolute atomic E-state index is 0.177. The molecule has 5 nitrogen and oxygen atoms in total. The maximum atomic E-state index is 13.4. The molecular weight excluding hydrogens is 465 g/mol. The average molecular weight is 499 g/mol. The second-order valence-electron chi connectivity index (χ2n) is 9.93. The molecule has 5 rings (SSSR count). The number of piperidine rings is 2. The Labute approximate surface area is 209 Å². The molecule has 2 fully saturated rings. The lowest BCUT2D eigenvalue weighted by Gasteiger charge is -2.45. The Hall–Kier alpha value is -2.65. The zero-order valence-electron chi connectivity index (χ0n) is 20.5. The summed E-state index contributed by atoms with van der Waals surface area (Å²) in [6.07, 6.45) is 8.32. The van der Waals surface area contributed by atoms with Gasteiger partial charge < -0.3 is 10.1 Å². The highest BCUT2D eigenvalue weighted by atomic mass is 19.2. The Morgan fingerprint density at radius 1 is 1.00 bits per heavy atom. The van der Waals surface area contributed by atoms with Crippen molar-refractivity contribution in [3.05, 3.63) is 77.2 Å². The number of halogens is 3. The standard InChI is InChI=1S/C28H33F3N4O/c1-33(35-14-8-20(9-15-35)23-18-32-26-5-3-2-4-22(23)26)21-10-12-34(13-11-21)27(36)7-6-19-16-24(29)28(31)25(30)17-19/h2-7,16-18,20-21,27,32,36H,8-15H2,1H3/b7-6+. The van der Waals surface area contributed by atoms with Gasteiger partial charge in [-0.25, -0.2) is 23.2 Å². The Bertz CT molecular complexity index is 1190. The number of benzene rings is 2. The molecule has 0 amide bonds. The first-order chi connectivity index (χ1) is 17.4. The van der Waals surface area contributed by atoms with Gasteiger partial charge in [0.2, 0.25) is 0 Å². The monoisotopic (exact) mass is 498 g/mol. The third-order valence-corrected chi connectivity index (χ3v) is 7.85. The molecule has 0 aliphatic carbocycles. The molecule has 2 aliphatic rings. The number of rotatable bonds is 6. The molecule has 2 aliphatic heterocycles. The highest BCUT2D eigenvalue weighted by Crippen LogP contribution is 2.34. The van der Waals surface area contributed by atoms with Crippen molar-refractivity contribution in [3.8, 4) is 0 Å². The third kappa shape index (κ3) is 5.22. The van der Waals surface area contributed by atoms with Crippen LogP contribution in [-0.4, -0.2) is 70.5 Å². The normalized spacial score (nSPS) is 20.2. The van der Waals surface area contributed by atoms with Crippen molar-refractivity contribution in [1.29, 1.82) is 0 Å². The van der Waals surface area contributed by atoms with Crippen LogP contribution in [0.3, 0.4) is 0 Å². The molecule has 2 N–H and O–H groups in total. The number of nitrogens with zero attached hydrogens (tertiary/aromatic N) is 3. The first-order valence-corrected chi connectivity index (χ1v) is 12.7. The van der Waals surface area contributed by atoms with Crippen molar-refractivity contribution in [3.63, 3.8) is 0 Å². The number of aromatic amines is 1. The van der Waals surface area contributed by atoms with Gasteiger partial charge in [0.05, 0.1) is 0 Å². The smallest absolute Gasteiger partial charge is 0.194 e. The molecule has 0 spiro atoms. The van der Waals surface area contributed by atoms with Crippen LogP contribution in [-0.2, 0) is 0 Å². The zero-order chi connectivity index (χ0) is 25.2. The molecule has 1 aromatic heterocycles. The zero-order valence-corrected chi connectivity index (χ0v) is 20.5. The number of aromatic nitrogens is 1. The number of hydrazine groups is 1. The van der Waals surface area contributed by atoms with E-state index in [9.17, 15) is 18.3 Å². The molecule has 2 saturated heterocycles. The Balaban J connectivity index is 1.11. The molecular formula is C28H33F3N4O. The van der Waals surface area contributed by atoms with Gasteiger partial charge in [0.15, 0.2) is 17.5 Å². The van der Waals surface area contributed by atoms with E-state index in [2.05, 4.69) is 52.5 Å². The van der Waals surface area contributed by atoms with Crippen molar-refractivity contribution in [2.75, 3.05) is 33.2 Å². The number of likely N-dealkylation sites (tertiary alicyclic amines) is 1. The van der Waals surface area contributed by atoms with E-state index >= 15 is 0 Å². The second kappa shape index (κ2) is 10.8. The van der Waals surface area contributed by atoms with Gasteiger partial charge in [-0.2, -0.15) is 0 Å². The van der Waals surface area contributed by atoms with Crippen LogP contribution in [0.15, 0.2) is 48.7 Å². The molecule has 1 atom stereocenters. The third-order valence-electron chi connectivity index (χ3n) is 7.85. The predicted molar refractivity (Wildman–Crippen MR) is 136 cm³/mol. The lowest BCUT2D eigenvalue weighted by Crippen LogP contribution is -2.53. The summed E-state index contributed by atoms with van der Waals surface area (Å²) in [4.78, 5) is 5.35. The molecule has 1 unspecified atom stereocenters. The summed E-state index contributed by atoms with van der Waals surface area (Å²) in [5, 5.41) is 16.7. The first kappa shape index (κ1) is 25.0. The van der Waals surface area contributed by atoms with Gasteiger partial charge in [0.1, 0.15) is 6.23 Å². The molecule has 2 aromatic carbocycles. The van der Waals surface area contributed by atoms with Crippen molar-refractivity contribution >= 4 is 17.0 Å². The fourth-order valence-corrected chi connectivity index (χ4v) is 5.67. The van der Waals surface area contributed by atoms with E-state index < -0.39 is 23.7 Å². The molecule has 8 heteroatoms. The minimum atomic E-state index is -1.49. The molecule has 0 saturated carbocycles. The van der Waals surface area contributed by atoms with Gasteiger partial charge in [-0.1, -0.05) is 24.3 Å². The quantitative estimate of drug-likeness (QED) is 0.464. The number of aliphatic hydroxyl groups excluding tert-OH is 1. The van der Waals surface area contributed by atoms with Crippen LogP contribution in [0.4, 0.5) is 13.2 Å². The fourth-order valence-electron chi connectivity index (χ4n) is 5.67. The Morgan fingerprint density at radius 3 is 2.36 bits per heavy atom. The molecule has 3 aromatic rings. The number of hydrogen-bond acceptors (Lipinski definition) is 4. The minimum Gasteiger partial charge on any atom is -0.375 e. The van der Waals surface area contributed by atoms with Gasteiger partial charge in [0, 0.05) is 56.4 Å². The van der Waals surface area contributed by atoms with E-state index in [1.54, 1.807) is 0 Å². The number of fused-ring (bicyclic) bond motifs is 1. The van der Waals surface area contributed by atoms with Crippen LogP contribution in [0.2, 0.25) is 0 Å². The SMILES string of the molecule is CN(C1CCN(C(O)/C=C/c2cc(F)c(F)c(F)c2)CC1)N1CCC(c2c[nH]c3ccccc23)CC1. The summed E-state index contributed by atoms with van der Waals surface area (Å²) in [5.74, 6) is -3.39. The maximum absolute atomic E-state index is 13.4. The van der Waals surface area contributed by atoms with E-state index in [4.69, 9.17) is 0 Å². The van der Waals surface area contributed by atoms with Crippen molar-refractivity contribution in [2.45, 2.75) is 43.9 Å². The fraction of sp³-hybridized carbons (Fsp3) is 0.429. The topological polar surface area (TPSA) is 45.7 Å². The number of hydrogen-bond donors (Lipinski definition) is 2. The maximum Gasteiger partial charge on any atom is 0.194 e. The summed E-state index contributed by atoms with van der Waals surface area (Å²) in [6, 6.07) is 10.7. The van der Waals surface area contributed by atoms with E-state index in [-0.39, 0.29) is 5.56 Å². The number of para-hydroxylation sites is 1. The number of H-pyrrole nitrogens is 1. The summed E-state index contributed by atoms with van der Waals surface area (Å²) in [7, 11) is 2.17. The Kier molecular flexibility index (Phi) is 7.48. The summed E-state index contributed by atoms with van der Waals surface area (Å²) in [5.41, 5.74) is 2.80. The van der Waals surface area contributed by atoms with E-state index in [1.165, 1.54) is 28.6 Å². The van der Waals surface area contributed by atoms with Gasteiger partial charge in [-0.15, -0.1) is 0 Å². The summed E-state index contributed by atoms with van der Waals surface area (Å²) >= 11 is 0. The molecule has 0 bridgehead atoms. The van der Waals surface area contributed by atoms with E-state index in [0.717, 1.165) is 64.0 Å². The second-order valence-corrected chi connectivity index (χ2v) is 9.93. The van der Waals surface area contributed by atoms with Crippen LogP contribution in [0.25, 0.3) is 17.0 Å². The molecule has 0 radical (unpaired) electrons. The predicted octanol–water partition coefficient (Wildman–Crippen LogP) is 5.11. The van der Waals surface area contributed by atoms with Crippen molar-refractivity contribution < 1.29 is 18.3 Å². The largest absolute Gasteiger partial charge is 0.375 e. The lowest BCUT2D eigenvalue weighted by molar-refractivity contribution is -0.0800. The first-order valence-electron chi connectivity index (χ1n) is 12.7. The summed E-state index contributed by atoms with van der Waals surface area (Å²) in [6.45, 7) is 3.49. The van der Waals surface area contributed by atoms with Gasteiger partial charge in [-0.3, -0.25) is 4.90 Å². The van der Waals surface area contributed by atoms with E-state index in [0.29, 0.717) is 12.0 Å². The van der Waals surface area contributed by atoms with Crippen LogP contribution in [0.1, 0.15) is 42.7 Å². The number of nitrogens with one attached hydrogen (secondary N) is 1. The Morgan fingerprint density at radius 2 is 1.67 bits per heavy atom. The molecule has 192 valence electrons. The van der Waals surface area contributed by atoms with Crippen molar-refractivity contribution in [2.24, 2.45) is 0 Å². The lowest BCUT2D eigenvalue weighted by atomic mass is 9.89. The van der Waals surface area contributed by atoms with Gasteiger partial charge >= 0.3 is 0 Å². The number of aliphatic hydroxyl groups is 1. The highest BCUT2D eigenvalue weighted by Gasteiger charge is 2.30.